The maximum atomic E-state index is 12.5. The van der Waals surface area contributed by atoms with E-state index in [0.29, 0.717) is 0 Å². The van der Waals surface area contributed by atoms with Crippen LogP contribution < -0.4 is 0 Å². The number of carbonyl (C=O) groups is 2. The summed E-state index contributed by atoms with van der Waals surface area (Å²) in [6, 6.07) is 6.07. The Morgan fingerprint density at radius 3 is 2.35 bits per heavy atom. The third-order valence-electron chi connectivity index (χ3n) is 4.89. The second kappa shape index (κ2) is 4.84. The first-order chi connectivity index (χ1) is 11.1. The molecule has 0 N–H and O–H groups in total. The number of para-hydroxylation sites is 1. The number of nitro groups is 1. The first kappa shape index (κ1) is 13.8. The van der Waals surface area contributed by atoms with Gasteiger partial charge >= 0.3 is 0 Å². The molecule has 0 radical (unpaired) electrons. The van der Waals surface area contributed by atoms with E-state index in [1.165, 1.54) is 18.3 Å². The Morgan fingerprint density at radius 1 is 1.13 bits per heavy atom. The maximum Gasteiger partial charge on any atom is 0.278 e. The average Bonchev–Trinajstić information content (AvgIpc) is 3.21. The van der Waals surface area contributed by atoms with Crippen molar-refractivity contribution in [1.29, 1.82) is 0 Å². The van der Waals surface area contributed by atoms with Crippen LogP contribution in [0.1, 0.15) is 12.0 Å². The van der Waals surface area contributed by atoms with Crippen molar-refractivity contribution in [2.45, 2.75) is 6.42 Å². The number of nitrogens with zero attached hydrogens (tertiary/aromatic N) is 3. The van der Waals surface area contributed by atoms with Crippen LogP contribution in [0.15, 0.2) is 41.5 Å². The minimum Gasteiger partial charge on any atom is -0.272 e. The van der Waals surface area contributed by atoms with Crippen LogP contribution in [0.3, 0.4) is 0 Å². The molecule has 0 aromatic heterocycles. The molecule has 1 saturated carbocycles. The standard InChI is InChI=1S/C16H13N3O4/c20-15-13-9-5-6-10(7-9)14(13)16(21)18(15)17-8-11-3-1-2-4-12(11)19(22)23/h1-6,8-10,13-14H,7H2. The molecule has 3 aliphatic rings. The van der Waals surface area contributed by atoms with Gasteiger partial charge < -0.3 is 0 Å². The van der Waals surface area contributed by atoms with E-state index < -0.39 is 4.92 Å². The number of nitro benzene ring substituents is 1. The van der Waals surface area contributed by atoms with Crippen molar-refractivity contribution in [3.05, 3.63) is 52.1 Å². The van der Waals surface area contributed by atoms with Gasteiger partial charge in [-0.05, 0) is 24.3 Å². The third-order valence-corrected chi connectivity index (χ3v) is 4.89. The van der Waals surface area contributed by atoms with Gasteiger partial charge in [0, 0.05) is 6.07 Å². The van der Waals surface area contributed by atoms with E-state index in [4.69, 9.17) is 0 Å². The van der Waals surface area contributed by atoms with Crippen LogP contribution >= 0.6 is 0 Å². The monoisotopic (exact) mass is 311 g/mol. The van der Waals surface area contributed by atoms with E-state index in [9.17, 15) is 19.7 Å². The van der Waals surface area contributed by atoms with Gasteiger partial charge in [0.15, 0.2) is 0 Å². The van der Waals surface area contributed by atoms with Crippen molar-refractivity contribution < 1.29 is 14.5 Å². The van der Waals surface area contributed by atoms with Crippen LogP contribution in [0.5, 0.6) is 0 Å². The molecule has 1 saturated heterocycles. The molecular formula is C16H13N3O4. The molecule has 1 heterocycles. The molecule has 2 amide bonds. The number of allylic oxidation sites excluding steroid dienone is 2. The molecule has 1 aromatic rings. The third kappa shape index (κ3) is 1.93. The molecule has 4 unspecified atom stereocenters. The normalized spacial score (nSPS) is 31.4. The molecule has 2 bridgehead atoms. The summed E-state index contributed by atoms with van der Waals surface area (Å²) >= 11 is 0. The summed E-state index contributed by atoms with van der Waals surface area (Å²) in [7, 11) is 0. The highest BCUT2D eigenvalue weighted by Crippen LogP contribution is 2.52. The molecule has 1 aliphatic heterocycles. The van der Waals surface area contributed by atoms with E-state index in [1.807, 2.05) is 12.2 Å². The van der Waals surface area contributed by atoms with Crippen LogP contribution in [0.4, 0.5) is 5.69 Å². The van der Waals surface area contributed by atoms with Gasteiger partial charge in [-0.3, -0.25) is 19.7 Å². The number of benzene rings is 1. The second-order valence-corrected chi connectivity index (χ2v) is 6.05. The smallest absolute Gasteiger partial charge is 0.272 e. The van der Waals surface area contributed by atoms with Gasteiger partial charge in [-0.1, -0.05) is 24.3 Å². The Labute approximate surface area is 131 Å². The van der Waals surface area contributed by atoms with Crippen molar-refractivity contribution in [2.24, 2.45) is 28.8 Å². The predicted octanol–water partition coefficient (Wildman–Crippen LogP) is 1.74. The van der Waals surface area contributed by atoms with E-state index in [1.54, 1.807) is 12.1 Å². The minimum absolute atomic E-state index is 0.114. The molecular weight excluding hydrogens is 298 g/mol. The van der Waals surface area contributed by atoms with Gasteiger partial charge in [0.25, 0.3) is 17.5 Å². The van der Waals surface area contributed by atoms with Crippen molar-refractivity contribution >= 4 is 23.7 Å². The van der Waals surface area contributed by atoms with Crippen molar-refractivity contribution in [2.75, 3.05) is 0 Å². The Bertz CT molecular complexity index is 755. The molecule has 0 spiro atoms. The molecule has 116 valence electrons. The van der Waals surface area contributed by atoms with Crippen LogP contribution in [-0.4, -0.2) is 28.0 Å². The van der Waals surface area contributed by atoms with Crippen molar-refractivity contribution in [1.82, 2.24) is 5.01 Å². The lowest BCUT2D eigenvalue weighted by Crippen LogP contribution is -2.28. The quantitative estimate of drug-likeness (QED) is 0.279. The van der Waals surface area contributed by atoms with Gasteiger partial charge in [0.2, 0.25) is 0 Å². The number of rotatable bonds is 3. The lowest BCUT2D eigenvalue weighted by molar-refractivity contribution is -0.385. The fourth-order valence-corrected chi connectivity index (χ4v) is 3.88. The molecule has 4 rings (SSSR count). The summed E-state index contributed by atoms with van der Waals surface area (Å²) in [6.07, 6.45) is 6.08. The van der Waals surface area contributed by atoms with Gasteiger partial charge in [-0.15, -0.1) is 0 Å². The molecule has 1 aromatic carbocycles. The fraction of sp³-hybridized carbons (Fsp3) is 0.312. The maximum absolute atomic E-state index is 12.5. The summed E-state index contributed by atoms with van der Waals surface area (Å²) in [5.74, 6) is -1.00. The van der Waals surface area contributed by atoms with E-state index in [2.05, 4.69) is 5.10 Å². The number of hydrazone groups is 1. The zero-order valence-corrected chi connectivity index (χ0v) is 12.0. The molecule has 2 aliphatic carbocycles. The number of amides is 2. The topological polar surface area (TPSA) is 92.9 Å². The van der Waals surface area contributed by atoms with Crippen LogP contribution in [0, 0.1) is 33.8 Å². The summed E-state index contributed by atoms with van der Waals surface area (Å²) in [4.78, 5) is 35.4. The fourth-order valence-electron chi connectivity index (χ4n) is 3.88. The second-order valence-electron chi connectivity index (χ2n) is 6.05. The van der Waals surface area contributed by atoms with Crippen molar-refractivity contribution in [3.8, 4) is 0 Å². The Kier molecular flexibility index (Phi) is 2.90. The first-order valence-electron chi connectivity index (χ1n) is 7.41. The highest BCUT2D eigenvalue weighted by atomic mass is 16.6. The predicted molar refractivity (Wildman–Crippen MR) is 80.3 cm³/mol. The van der Waals surface area contributed by atoms with Gasteiger partial charge in [0.05, 0.1) is 28.5 Å². The Morgan fingerprint density at radius 2 is 1.74 bits per heavy atom. The van der Waals surface area contributed by atoms with Crippen molar-refractivity contribution in [3.63, 3.8) is 0 Å². The number of hydrogen-bond donors (Lipinski definition) is 0. The molecule has 23 heavy (non-hydrogen) atoms. The minimum atomic E-state index is -0.520. The molecule has 7 heteroatoms. The summed E-state index contributed by atoms with van der Waals surface area (Å²) in [5.41, 5.74) is 0.147. The SMILES string of the molecule is O=C1C2C3C=CC(C3)C2C(=O)N1N=Cc1ccccc1[N+](=O)[O-]. The summed E-state index contributed by atoms with van der Waals surface area (Å²) in [5, 5.41) is 15.8. The molecule has 4 atom stereocenters. The average molecular weight is 311 g/mol. The Hall–Kier alpha value is -2.83. The zero-order chi connectivity index (χ0) is 16.1. The lowest BCUT2D eigenvalue weighted by atomic mass is 9.85. The zero-order valence-electron chi connectivity index (χ0n) is 12.0. The van der Waals surface area contributed by atoms with E-state index in [-0.39, 0.29) is 46.7 Å². The van der Waals surface area contributed by atoms with Crippen LogP contribution in [0.2, 0.25) is 0 Å². The highest BCUT2D eigenvalue weighted by Gasteiger charge is 2.59. The van der Waals surface area contributed by atoms with Gasteiger partial charge in [-0.25, -0.2) is 0 Å². The lowest BCUT2D eigenvalue weighted by Gasteiger charge is -2.13. The molecule has 7 nitrogen and oxygen atoms in total. The number of carbonyl (C=O) groups excluding carboxylic acids is 2. The summed E-state index contributed by atoms with van der Waals surface area (Å²) in [6.45, 7) is 0. The number of hydrogen-bond acceptors (Lipinski definition) is 5. The Balaban J connectivity index is 1.62. The summed E-state index contributed by atoms with van der Waals surface area (Å²) < 4.78 is 0. The van der Waals surface area contributed by atoms with Crippen LogP contribution in [-0.2, 0) is 9.59 Å². The number of fused-ring (bicyclic) bond motifs is 5. The van der Waals surface area contributed by atoms with E-state index >= 15 is 0 Å². The highest BCUT2D eigenvalue weighted by molar-refractivity contribution is 6.07. The largest absolute Gasteiger partial charge is 0.278 e. The van der Waals surface area contributed by atoms with Gasteiger partial charge in [-0.2, -0.15) is 10.1 Å². The van der Waals surface area contributed by atoms with Crippen LogP contribution in [0.25, 0.3) is 0 Å². The first-order valence-corrected chi connectivity index (χ1v) is 7.41. The van der Waals surface area contributed by atoms with E-state index in [0.717, 1.165) is 11.4 Å². The number of imide groups is 1. The molecule has 2 fully saturated rings. The van der Waals surface area contributed by atoms with Gasteiger partial charge in [0.1, 0.15) is 0 Å².